The summed E-state index contributed by atoms with van der Waals surface area (Å²) in [6.45, 7) is -0.492. The molecule has 2 aromatic carbocycles. The second-order valence-corrected chi connectivity index (χ2v) is 16.1. The van der Waals surface area contributed by atoms with Crippen LogP contribution in [0.1, 0.15) is 55.3 Å². The van der Waals surface area contributed by atoms with Gasteiger partial charge in [0, 0.05) is 61.3 Å². The van der Waals surface area contributed by atoms with Crippen LogP contribution in [0.4, 0.5) is 0 Å². The number of nitrogens with zero attached hydrogens (tertiary/aromatic N) is 3. The normalized spacial score (nSPS) is 15.5. The zero-order valence-corrected chi connectivity index (χ0v) is 36.7. The number of aliphatic carboxylic acids is 1. The van der Waals surface area contributed by atoms with E-state index in [1.807, 2.05) is 24.3 Å². The number of para-hydroxylation sites is 1. The first-order valence-corrected chi connectivity index (χ1v) is 21.8. The second-order valence-electron chi connectivity index (χ2n) is 16.1. The molecule has 1 aliphatic heterocycles. The summed E-state index contributed by atoms with van der Waals surface area (Å²) in [7, 11) is 0. The first-order valence-electron chi connectivity index (χ1n) is 21.8. The smallest absolute Gasteiger partial charge is 0.322 e. The molecule has 0 aliphatic carbocycles. The highest BCUT2D eigenvalue weighted by Gasteiger charge is 2.40. The molecule has 5 rings (SSSR count). The van der Waals surface area contributed by atoms with E-state index >= 15 is 0 Å². The van der Waals surface area contributed by atoms with Crippen molar-refractivity contribution in [1.29, 1.82) is 0 Å². The van der Waals surface area contributed by atoms with Crippen molar-refractivity contribution >= 4 is 64.2 Å². The van der Waals surface area contributed by atoms with Crippen molar-refractivity contribution in [3.63, 3.8) is 0 Å². The molecule has 358 valence electrons. The van der Waals surface area contributed by atoms with E-state index in [-0.39, 0.29) is 70.4 Å². The fourth-order valence-electron chi connectivity index (χ4n) is 7.71. The highest BCUT2D eigenvalue weighted by molar-refractivity contribution is 5.97. The van der Waals surface area contributed by atoms with E-state index < -0.39 is 90.1 Å². The Hall–Kier alpha value is -7.82. The Morgan fingerprint density at radius 1 is 0.791 bits per heavy atom. The van der Waals surface area contributed by atoms with Gasteiger partial charge in [-0.2, -0.15) is 0 Å². The number of carbonyl (C=O) groups excluding carboxylic acids is 7. The Bertz CT molecular complexity index is 2390. The lowest BCUT2D eigenvalue weighted by Crippen LogP contribution is -2.60. The standard InChI is InChI=1S/C44H58N14O9/c45-29(19-26-21-51-30-11-5-4-10-28(26)30)38(62)54-31(12-6-16-50-44(47)48)40(64)57-34(20-27-22-49-24-53-27)43(67)58-17-7-13-35(58)42(66)55-32(14-15-36(46)59)41(65)56-33(39(63)52-23-37(60)61)18-25-8-2-1-3-9-25/h1-5,8-11,21-22,24,29,31-35,51H,6-7,12-20,23,45H2,(H2,46,59)(H,49,53)(H,52,63)(H,54,62)(H,55,66)(H,56,65)(H,57,64)(H,60,61)(H4,47,48,50)/t29-,31-,32-,33-,34-,35-/m0/s1. The molecule has 0 unspecified atom stereocenters. The van der Waals surface area contributed by atoms with Crippen LogP contribution < -0.4 is 49.5 Å². The van der Waals surface area contributed by atoms with Crippen LogP contribution in [0.3, 0.4) is 0 Å². The van der Waals surface area contributed by atoms with Gasteiger partial charge in [0.2, 0.25) is 41.4 Å². The summed E-state index contributed by atoms with van der Waals surface area (Å²) in [5, 5.41) is 23.0. The number of benzene rings is 2. The lowest BCUT2D eigenvalue weighted by Gasteiger charge is -2.31. The summed E-state index contributed by atoms with van der Waals surface area (Å²) >= 11 is 0. The van der Waals surface area contributed by atoms with Crippen molar-refractivity contribution in [2.45, 2.75) is 94.0 Å². The van der Waals surface area contributed by atoms with E-state index in [2.05, 4.69) is 46.5 Å². The number of carboxylic acid groups (broad SMARTS) is 1. The van der Waals surface area contributed by atoms with Gasteiger partial charge in [-0.25, -0.2) is 4.98 Å². The molecule has 2 aromatic heterocycles. The van der Waals surface area contributed by atoms with Gasteiger partial charge in [-0.15, -0.1) is 0 Å². The van der Waals surface area contributed by atoms with E-state index in [1.54, 1.807) is 36.5 Å². The van der Waals surface area contributed by atoms with Crippen LogP contribution in [-0.2, 0) is 57.6 Å². The Morgan fingerprint density at radius 3 is 2.16 bits per heavy atom. The van der Waals surface area contributed by atoms with Crippen LogP contribution in [-0.4, -0.2) is 134 Å². The number of nitrogens with two attached hydrogens (primary N) is 4. The number of carbonyl (C=O) groups is 8. The molecule has 1 saturated heterocycles. The number of likely N-dealkylation sites (tertiary alicyclic amines) is 1. The summed E-state index contributed by atoms with van der Waals surface area (Å²) in [4.78, 5) is 122. The van der Waals surface area contributed by atoms with Crippen molar-refractivity contribution in [2.75, 3.05) is 19.6 Å². The number of imidazole rings is 1. The average Bonchev–Trinajstić information content (AvgIpc) is 4.10. The molecule has 1 fully saturated rings. The summed E-state index contributed by atoms with van der Waals surface area (Å²) in [6.07, 6.45) is 4.87. The maximum atomic E-state index is 14.5. The molecule has 0 bridgehead atoms. The van der Waals surface area contributed by atoms with Crippen molar-refractivity contribution in [2.24, 2.45) is 27.9 Å². The molecule has 0 radical (unpaired) electrons. The van der Waals surface area contributed by atoms with E-state index in [0.717, 1.165) is 16.5 Å². The highest BCUT2D eigenvalue weighted by Crippen LogP contribution is 2.21. The van der Waals surface area contributed by atoms with Gasteiger partial charge < -0.3 is 69.5 Å². The minimum Gasteiger partial charge on any atom is -0.480 e. The molecular weight excluding hydrogens is 869 g/mol. The SMILES string of the molecule is NC(=O)CC[C@H](NC(=O)[C@@H]1CCCN1C(=O)[C@H](Cc1cnc[nH]1)NC(=O)[C@H](CCCN=C(N)N)NC(=O)[C@@H](N)Cc1c[nH]c2ccccc12)C(=O)N[C@@H](Cc1ccccc1)C(=O)NCC(=O)O. The van der Waals surface area contributed by atoms with E-state index in [0.29, 0.717) is 17.7 Å². The summed E-state index contributed by atoms with van der Waals surface area (Å²) in [5.41, 5.74) is 25.6. The second kappa shape index (κ2) is 24.5. The first kappa shape index (κ1) is 50.2. The molecule has 16 N–H and O–H groups in total. The minimum absolute atomic E-state index is 0.0402. The van der Waals surface area contributed by atoms with Crippen molar-refractivity contribution < 1.29 is 43.5 Å². The molecule has 7 amide bonds. The van der Waals surface area contributed by atoms with Gasteiger partial charge in [0.15, 0.2) is 5.96 Å². The summed E-state index contributed by atoms with van der Waals surface area (Å²) in [5.74, 6) is -6.67. The number of rotatable bonds is 25. The zero-order chi connectivity index (χ0) is 48.5. The quantitative estimate of drug-likeness (QED) is 0.0189. The number of guanidine groups is 1. The minimum atomic E-state index is -1.42. The lowest BCUT2D eigenvalue weighted by atomic mass is 10.0. The highest BCUT2D eigenvalue weighted by atomic mass is 16.4. The van der Waals surface area contributed by atoms with Crippen LogP contribution in [0.5, 0.6) is 0 Å². The summed E-state index contributed by atoms with van der Waals surface area (Å²) in [6, 6.07) is 8.72. The molecule has 1 aliphatic rings. The molecule has 23 nitrogen and oxygen atoms in total. The fraction of sp³-hybridized carbons (Fsp3) is 0.409. The number of carboxylic acids is 1. The number of aromatic nitrogens is 3. The van der Waals surface area contributed by atoms with Gasteiger partial charge in [-0.3, -0.25) is 43.3 Å². The number of hydrogen-bond acceptors (Lipinski definition) is 11. The Kier molecular flexibility index (Phi) is 18.3. The maximum Gasteiger partial charge on any atom is 0.322 e. The predicted octanol–water partition coefficient (Wildman–Crippen LogP) is -2.30. The monoisotopic (exact) mass is 926 g/mol. The number of H-pyrrole nitrogens is 2. The van der Waals surface area contributed by atoms with E-state index in [9.17, 15) is 38.4 Å². The third kappa shape index (κ3) is 15.1. The average molecular weight is 927 g/mol. The van der Waals surface area contributed by atoms with Gasteiger partial charge in [-0.05, 0) is 55.7 Å². The third-order valence-electron chi connectivity index (χ3n) is 11.1. The first-order chi connectivity index (χ1) is 32.1. The van der Waals surface area contributed by atoms with Gasteiger partial charge in [0.05, 0.1) is 12.4 Å². The maximum absolute atomic E-state index is 14.5. The van der Waals surface area contributed by atoms with Crippen LogP contribution in [0.25, 0.3) is 10.9 Å². The number of primary amides is 1. The van der Waals surface area contributed by atoms with Gasteiger partial charge in [-0.1, -0.05) is 48.5 Å². The zero-order valence-electron chi connectivity index (χ0n) is 36.7. The van der Waals surface area contributed by atoms with E-state index in [1.165, 1.54) is 17.4 Å². The Morgan fingerprint density at radius 2 is 1.48 bits per heavy atom. The van der Waals surface area contributed by atoms with Gasteiger partial charge in [0.1, 0.15) is 36.8 Å². The Balaban J connectivity index is 1.33. The molecule has 4 aromatic rings. The predicted molar refractivity (Wildman–Crippen MR) is 244 cm³/mol. The van der Waals surface area contributed by atoms with Crippen molar-refractivity contribution in [3.8, 4) is 0 Å². The number of amides is 7. The molecule has 6 atom stereocenters. The van der Waals surface area contributed by atoms with Gasteiger partial charge >= 0.3 is 5.97 Å². The molecular formula is C44H58N14O9. The molecule has 3 heterocycles. The molecule has 0 spiro atoms. The Labute approximate surface area is 385 Å². The number of aromatic amines is 2. The topological polar surface area (TPSA) is 381 Å². The number of nitrogens with one attached hydrogen (secondary N) is 7. The number of hydrogen-bond donors (Lipinski definition) is 12. The van der Waals surface area contributed by atoms with Crippen LogP contribution in [0, 0.1) is 0 Å². The molecule has 23 heteroatoms. The molecule has 67 heavy (non-hydrogen) atoms. The van der Waals surface area contributed by atoms with Crippen molar-refractivity contribution in [3.05, 3.63) is 90.1 Å². The van der Waals surface area contributed by atoms with Crippen LogP contribution in [0.15, 0.2) is 78.3 Å². The van der Waals surface area contributed by atoms with Crippen LogP contribution >= 0.6 is 0 Å². The van der Waals surface area contributed by atoms with Crippen molar-refractivity contribution in [1.82, 2.24) is 46.4 Å². The largest absolute Gasteiger partial charge is 0.480 e. The number of aliphatic imine (C=N–C) groups is 1. The number of fused-ring (bicyclic) bond motifs is 1. The molecule has 0 saturated carbocycles. The van der Waals surface area contributed by atoms with Gasteiger partial charge in [0.25, 0.3) is 0 Å². The summed E-state index contributed by atoms with van der Waals surface area (Å²) < 4.78 is 0. The lowest BCUT2D eigenvalue weighted by molar-refractivity contribution is -0.142. The van der Waals surface area contributed by atoms with E-state index in [4.69, 9.17) is 28.0 Å². The fourth-order valence-corrected chi connectivity index (χ4v) is 7.71. The third-order valence-corrected chi connectivity index (χ3v) is 11.1. The van der Waals surface area contributed by atoms with Crippen LogP contribution in [0.2, 0.25) is 0 Å².